The van der Waals surface area contributed by atoms with E-state index in [1.54, 1.807) is 24.3 Å². The Morgan fingerprint density at radius 3 is 2.39 bits per heavy atom. The lowest BCUT2D eigenvalue weighted by Gasteiger charge is -2.14. The van der Waals surface area contributed by atoms with Crippen LogP contribution in [0.3, 0.4) is 0 Å². The normalized spacial score (nSPS) is 11.9. The monoisotopic (exact) mass is 513 g/mol. The van der Waals surface area contributed by atoms with Crippen LogP contribution in [-0.2, 0) is 0 Å². The third kappa shape index (κ3) is 5.01. The lowest BCUT2D eigenvalue weighted by molar-refractivity contribution is 0.0940. The fourth-order valence-electron chi connectivity index (χ4n) is 3.22. The number of halogens is 3. The molecule has 0 bridgehead atoms. The van der Waals surface area contributed by atoms with Crippen molar-refractivity contribution in [1.82, 2.24) is 15.5 Å². The Labute approximate surface area is 198 Å². The van der Waals surface area contributed by atoms with Crippen molar-refractivity contribution in [2.45, 2.75) is 13.0 Å². The van der Waals surface area contributed by atoms with Gasteiger partial charge in [0.1, 0.15) is 0 Å². The van der Waals surface area contributed by atoms with E-state index in [0.29, 0.717) is 15.6 Å². The second-order valence-corrected chi connectivity index (χ2v) is 8.87. The highest BCUT2D eigenvalue weighted by molar-refractivity contribution is 9.10. The molecular weight excluding hydrogens is 497 g/mol. The summed E-state index contributed by atoms with van der Waals surface area (Å²) in [5, 5.41) is 11.5. The standard InChI is InChI=1S/C24H18BrCl2N3O/c1-14(15-6-8-18(25)9-7-15)28-24(31)17-4-2-16(3-5-17)22-13-23(30-29-22)20-11-10-19(26)12-21(20)27/h2-14H,1H3,(H,28,31)(H,29,30)/t14-/m1/s1. The zero-order valence-electron chi connectivity index (χ0n) is 16.5. The van der Waals surface area contributed by atoms with Crippen molar-refractivity contribution >= 4 is 45.0 Å². The Morgan fingerprint density at radius 1 is 1.00 bits per heavy atom. The molecule has 3 aromatic carbocycles. The van der Waals surface area contributed by atoms with E-state index < -0.39 is 0 Å². The van der Waals surface area contributed by atoms with E-state index in [1.165, 1.54) is 0 Å². The summed E-state index contributed by atoms with van der Waals surface area (Å²) in [4.78, 5) is 12.6. The van der Waals surface area contributed by atoms with E-state index in [0.717, 1.165) is 32.6 Å². The molecule has 31 heavy (non-hydrogen) atoms. The number of benzene rings is 3. The Morgan fingerprint density at radius 2 is 1.71 bits per heavy atom. The number of amides is 1. The molecule has 156 valence electrons. The van der Waals surface area contributed by atoms with Gasteiger partial charge in [-0.15, -0.1) is 0 Å². The summed E-state index contributed by atoms with van der Waals surface area (Å²) < 4.78 is 1.00. The van der Waals surface area contributed by atoms with Gasteiger partial charge in [0.15, 0.2) is 0 Å². The minimum atomic E-state index is -0.127. The average molecular weight is 515 g/mol. The van der Waals surface area contributed by atoms with E-state index in [1.807, 2.05) is 55.5 Å². The lowest BCUT2D eigenvalue weighted by Crippen LogP contribution is -2.26. The summed E-state index contributed by atoms with van der Waals surface area (Å²) in [6, 6.07) is 22.4. The molecule has 7 heteroatoms. The maximum absolute atomic E-state index is 12.6. The van der Waals surface area contributed by atoms with Gasteiger partial charge in [0.25, 0.3) is 5.91 Å². The summed E-state index contributed by atoms with van der Waals surface area (Å²) in [7, 11) is 0. The highest BCUT2D eigenvalue weighted by Gasteiger charge is 2.13. The molecule has 1 atom stereocenters. The quantitative estimate of drug-likeness (QED) is 0.293. The number of aromatic nitrogens is 2. The number of aromatic amines is 1. The zero-order valence-corrected chi connectivity index (χ0v) is 19.6. The third-order valence-electron chi connectivity index (χ3n) is 4.96. The molecule has 0 aliphatic rings. The number of nitrogens with one attached hydrogen (secondary N) is 2. The first-order valence-electron chi connectivity index (χ1n) is 9.58. The highest BCUT2D eigenvalue weighted by atomic mass is 79.9. The van der Waals surface area contributed by atoms with Gasteiger partial charge in [0.2, 0.25) is 0 Å². The van der Waals surface area contributed by atoms with E-state index in [2.05, 4.69) is 31.4 Å². The van der Waals surface area contributed by atoms with E-state index in [-0.39, 0.29) is 11.9 Å². The summed E-state index contributed by atoms with van der Waals surface area (Å²) in [5.74, 6) is -0.127. The minimum Gasteiger partial charge on any atom is -0.346 e. The minimum absolute atomic E-state index is 0.0988. The van der Waals surface area contributed by atoms with E-state index in [9.17, 15) is 4.79 Å². The molecule has 0 spiro atoms. The van der Waals surface area contributed by atoms with Crippen LogP contribution in [0.2, 0.25) is 10.0 Å². The maximum Gasteiger partial charge on any atom is 0.251 e. The molecule has 1 amide bonds. The fourth-order valence-corrected chi connectivity index (χ4v) is 4.00. The first kappa shape index (κ1) is 21.6. The Hall–Kier alpha value is -2.60. The van der Waals surface area contributed by atoms with Gasteiger partial charge in [-0.2, -0.15) is 5.10 Å². The maximum atomic E-state index is 12.6. The Balaban J connectivity index is 1.47. The number of hydrogen-bond acceptors (Lipinski definition) is 2. The molecule has 0 aliphatic heterocycles. The molecule has 0 aliphatic carbocycles. The van der Waals surface area contributed by atoms with Crippen LogP contribution in [0.5, 0.6) is 0 Å². The molecule has 4 nitrogen and oxygen atoms in total. The fraction of sp³-hybridized carbons (Fsp3) is 0.0833. The van der Waals surface area contributed by atoms with Crippen molar-refractivity contribution in [2.75, 3.05) is 0 Å². The molecule has 4 rings (SSSR count). The Kier molecular flexibility index (Phi) is 6.46. The molecule has 4 aromatic rings. The smallest absolute Gasteiger partial charge is 0.251 e. The summed E-state index contributed by atoms with van der Waals surface area (Å²) >= 11 is 15.7. The molecule has 1 aromatic heterocycles. The van der Waals surface area contributed by atoms with Gasteiger partial charge in [-0.25, -0.2) is 0 Å². The average Bonchev–Trinajstić information content (AvgIpc) is 3.24. The van der Waals surface area contributed by atoms with Crippen LogP contribution < -0.4 is 5.32 Å². The van der Waals surface area contributed by atoms with Crippen LogP contribution in [0, 0.1) is 0 Å². The van der Waals surface area contributed by atoms with Crippen LogP contribution >= 0.6 is 39.1 Å². The SMILES string of the molecule is C[C@@H](NC(=O)c1ccc(-c2cc(-c3ccc(Cl)cc3Cl)[nH]n2)cc1)c1ccc(Br)cc1. The van der Waals surface area contributed by atoms with Crippen molar-refractivity contribution < 1.29 is 4.79 Å². The van der Waals surface area contributed by atoms with Gasteiger partial charge in [-0.1, -0.05) is 63.4 Å². The highest BCUT2D eigenvalue weighted by Crippen LogP contribution is 2.31. The second-order valence-electron chi connectivity index (χ2n) is 7.12. The second kappa shape index (κ2) is 9.27. The molecule has 1 heterocycles. The first-order valence-corrected chi connectivity index (χ1v) is 11.1. The molecule has 0 unspecified atom stereocenters. The van der Waals surface area contributed by atoms with Crippen LogP contribution in [0.4, 0.5) is 0 Å². The van der Waals surface area contributed by atoms with Gasteiger partial charge in [0, 0.05) is 26.2 Å². The van der Waals surface area contributed by atoms with Crippen LogP contribution in [0.15, 0.2) is 77.3 Å². The van der Waals surface area contributed by atoms with Crippen molar-refractivity contribution in [2.24, 2.45) is 0 Å². The van der Waals surface area contributed by atoms with Crippen molar-refractivity contribution in [3.8, 4) is 22.5 Å². The topological polar surface area (TPSA) is 57.8 Å². The van der Waals surface area contributed by atoms with Gasteiger partial charge in [-0.3, -0.25) is 9.89 Å². The Bertz CT molecular complexity index is 1220. The van der Waals surface area contributed by atoms with Crippen molar-refractivity contribution in [1.29, 1.82) is 0 Å². The molecule has 0 saturated heterocycles. The van der Waals surface area contributed by atoms with Gasteiger partial charge in [-0.05, 0) is 61.0 Å². The van der Waals surface area contributed by atoms with Gasteiger partial charge < -0.3 is 5.32 Å². The molecular formula is C24H18BrCl2N3O. The van der Waals surface area contributed by atoms with E-state index >= 15 is 0 Å². The first-order chi connectivity index (χ1) is 14.9. The van der Waals surface area contributed by atoms with Gasteiger partial charge >= 0.3 is 0 Å². The van der Waals surface area contributed by atoms with E-state index in [4.69, 9.17) is 23.2 Å². The predicted molar refractivity (Wildman–Crippen MR) is 130 cm³/mol. The number of hydrogen-bond donors (Lipinski definition) is 2. The summed E-state index contributed by atoms with van der Waals surface area (Å²) in [6.07, 6.45) is 0. The van der Waals surface area contributed by atoms with Crippen LogP contribution in [-0.4, -0.2) is 16.1 Å². The summed E-state index contributed by atoms with van der Waals surface area (Å²) in [5.41, 5.74) is 4.90. The molecule has 0 fully saturated rings. The summed E-state index contributed by atoms with van der Waals surface area (Å²) in [6.45, 7) is 1.96. The number of rotatable bonds is 5. The predicted octanol–water partition coefficient (Wildman–Crippen LogP) is 7.30. The number of nitrogens with zero attached hydrogens (tertiary/aromatic N) is 1. The molecule has 0 saturated carbocycles. The largest absolute Gasteiger partial charge is 0.346 e. The number of carbonyl (C=O) groups is 1. The zero-order chi connectivity index (χ0) is 22.0. The van der Waals surface area contributed by atoms with Crippen LogP contribution in [0.25, 0.3) is 22.5 Å². The number of carbonyl (C=O) groups excluding carboxylic acids is 1. The number of H-pyrrole nitrogens is 1. The van der Waals surface area contributed by atoms with Crippen molar-refractivity contribution in [3.05, 3.63) is 98.4 Å². The molecule has 2 N–H and O–H groups in total. The van der Waals surface area contributed by atoms with Crippen molar-refractivity contribution in [3.63, 3.8) is 0 Å². The van der Waals surface area contributed by atoms with Gasteiger partial charge in [0.05, 0.1) is 22.5 Å². The lowest BCUT2D eigenvalue weighted by atomic mass is 10.1. The van der Waals surface area contributed by atoms with Crippen LogP contribution in [0.1, 0.15) is 28.9 Å². The third-order valence-corrected chi connectivity index (χ3v) is 6.04. The molecule has 0 radical (unpaired) electrons.